The van der Waals surface area contributed by atoms with Crippen LogP contribution in [0, 0.1) is 5.92 Å². The molecule has 2 rings (SSSR count). The lowest BCUT2D eigenvalue weighted by molar-refractivity contribution is -0.0225. The Morgan fingerprint density at radius 3 is 2.85 bits per heavy atom. The minimum atomic E-state index is -0.463. The van der Waals surface area contributed by atoms with Gasteiger partial charge < -0.3 is 14.2 Å². The molecule has 0 radical (unpaired) electrons. The maximum absolute atomic E-state index is 12.2. The van der Waals surface area contributed by atoms with Gasteiger partial charge in [-0.3, -0.25) is 4.90 Å². The van der Waals surface area contributed by atoms with Crippen LogP contribution in [0.25, 0.3) is 0 Å². The van der Waals surface area contributed by atoms with E-state index in [-0.39, 0.29) is 12.3 Å². The fourth-order valence-corrected chi connectivity index (χ4v) is 2.69. The molecule has 0 bridgehead atoms. The van der Waals surface area contributed by atoms with Gasteiger partial charge in [0.15, 0.2) is 0 Å². The summed E-state index contributed by atoms with van der Waals surface area (Å²) in [5.74, 6) is 0.477. The molecule has 1 amide bonds. The van der Waals surface area contributed by atoms with E-state index in [1.54, 1.807) is 4.90 Å². The van der Waals surface area contributed by atoms with E-state index in [1.165, 1.54) is 6.42 Å². The predicted molar refractivity (Wildman–Crippen MR) is 75.5 cm³/mol. The molecule has 0 aromatic rings. The summed E-state index contributed by atoms with van der Waals surface area (Å²) >= 11 is 0. The summed E-state index contributed by atoms with van der Waals surface area (Å²) in [6, 6.07) is 0. The van der Waals surface area contributed by atoms with Crippen molar-refractivity contribution in [2.45, 2.75) is 58.3 Å². The lowest BCUT2D eigenvalue weighted by Crippen LogP contribution is -2.41. The largest absolute Gasteiger partial charge is 0.444 e. The van der Waals surface area contributed by atoms with E-state index < -0.39 is 5.60 Å². The number of nitrogens with zero attached hydrogens (tertiary/aromatic N) is 1. The summed E-state index contributed by atoms with van der Waals surface area (Å²) in [7, 11) is 0. The Bertz CT molecular complexity index is 318. The molecule has 116 valence electrons. The molecule has 0 saturated carbocycles. The Morgan fingerprint density at radius 2 is 2.10 bits per heavy atom. The van der Waals surface area contributed by atoms with Crippen LogP contribution in [0.4, 0.5) is 4.79 Å². The number of carbonyl (C=O) groups excluding carboxylic acids is 1. The van der Waals surface area contributed by atoms with E-state index in [1.807, 2.05) is 20.8 Å². The standard InChI is InChI=1S/C15H27NO4/c1-15(2,3)20-14(17)16-7-9-19-13(16)10-12-6-4-5-8-18-11-12/h12-13H,4-11H2,1-3H3/t12-,13+/m1/s1. The van der Waals surface area contributed by atoms with Gasteiger partial charge in [-0.2, -0.15) is 0 Å². The second kappa shape index (κ2) is 6.76. The van der Waals surface area contributed by atoms with Gasteiger partial charge in [0.2, 0.25) is 0 Å². The topological polar surface area (TPSA) is 48.0 Å². The Balaban J connectivity index is 1.88. The first kappa shape index (κ1) is 15.6. The highest BCUT2D eigenvalue weighted by molar-refractivity contribution is 5.68. The van der Waals surface area contributed by atoms with Crippen molar-refractivity contribution >= 4 is 6.09 Å². The van der Waals surface area contributed by atoms with Crippen LogP contribution in [0.5, 0.6) is 0 Å². The molecule has 20 heavy (non-hydrogen) atoms. The zero-order valence-electron chi connectivity index (χ0n) is 12.9. The molecule has 5 heteroatoms. The predicted octanol–water partition coefficient (Wildman–Crippen LogP) is 2.79. The molecule has 2 saturated heterocycles. The molecule has 0 spiro atoms. The second-order valence-corrected chi connectivity index (χ2v) is 6.67. The molecule has 2 heterocycles. The van der Waals surface area contributed by atoms with Crippen molar-refractivity contribution in [1.29, 1.82) is 0 Å². The van der Waals surface area contributed by atoms with Crippen molar-refractivity contribution in [1.82, 2.24) is 4.90 Å². The molecule has 2 fully saturated rings. The monoisotopic (exact) mass is 285 g/mol. The van der Waals surface area contributed by atoms with Gasteiger partial charge in [0.1, 0.15) is 11.8 Å². The van der Waals surface area contributed by atoms with Crippen LogP contribution in [-0.4, -0.2) is 49.2 Å². The molecule has 2 aliphatic rings. The smallest absolute Gasteiger partial charge is 0.412 e. The SMILES string of the molecule is CC(C)(C)OC(=O)N1CCO[C@H]1C[C@H]1CCCCOC1. The number of hydrogen-bond acceptors (Lipinski definition) is 4. The van der Waals surface area contributed by atoms with E-state index in [0.29, 0.717) is 19.1 Å². The van der Waals surface area contributed by atoms with Crippen molar-refractivity contribution in [3.63, 3.8) is 0 Å². The van der Waals surface area contributed by atoms with Gasteiger partial charge in [0, 0.05) is 13.2 Å². The van der Waals surface area contributed by atoms with Crippen molar-refractivity contribution in [3.05, 3.63) is 0 Å². The number of ether oxygens (including phenoxy) is 3. The molecule has 5 nitrogen and oxygen atoms in total. The fraction of sp³-hybridized carbons (Fsp3) is 0.933. The Labute approximate surface area is 121 Å². The molecule has 0 aromatic heterocycles. The van der Waals surface area contributed by atoms with E-state index in [4.69, 9.17) is 14.2 Å². The highest BCUT2D eigenvalue weighted by Crippen LogP contribution is 2.25. The fourth-order valence-electron chi connectivity index (χ4n) is 2.69. The molecular formula is C15H27NO4. The maximum Gasteiger partial charge on any atom is 0.412 e. The summed E-state index contributed by atoms with van der Waals surface area (Å²) < 4.78 is 16.8. The third kappa shape index (κ3) is 4.63. The summed E-state index contributed by atoms with van der Waals surface area (Å²) in [6.45, 7) is 8.51. The average molecular weight is 285 g/mol. The summed E-state index contributed by atoms with van der Waals surface area (Å²) in [5.41, 5.74) is -0.463. The number of amides is 1. The van der Waals surface area contributed by atoms with Crippen LogP contribution < -0.4 is 0 Å². The quantitative estimate of drug-likeness (QED) is 0.783. The molecule has 0 aliphatic carbocycles. The molecule has 2 atom stereocenters. The average Bonchev–Trinajstić information content (AvgIpc) is 2.63. The molecule has 0 aromatic carbocycles. The van der Waals surface area contributed by atoms with Crippen molar-refractivity contribution < 1.29 is 19.0 Å². The lowest BCUT2D eigenvalue weighted by Gasteiger charge is -2.29. The summed E-state index contributed by atoms with van der Waals surface area (Å²) in [5, 5.41) is 0. The number of hydrogen-bond donors (Lipinski definition) is 0. The van der Waals surface area contributed by atoms with E-state index in [9.17, 15) is 4.79 Å². The van der Waals surface area contributed by atoms with Crippen LogP contribution in [0.15, 0.2) is 0 Å². The minimum Gasteiger partial charge on any atom is -0.444 e. The molecule has 0 N–H and O–H groups in total. The van der Waals surface area contributed by atoms with E-state index in [0.717, 1.165) is 32.5 Å². The zero-order valence-corrected chi connectivity index (χ0v) is 12.9. The van der Waals surface area contributed by atoms with Crippen LogP contribution in [0.2, 0.25) is 0 Å². The molecular weight excluding hydrogens is 258 g/mol. The van der Waals surface area contributed by atoms with Gasteiger partial charge in [-0.1, -0.05) is 6.42 Å². The third-order valence-corrected chi connectivity index (χ3v) is 3.66. The number of carbonyl (C=O) groups is 1. The van der Waals surface area contributed by atoms with Crippen LogP contribution >= 0.6 is 0 Å². The van der Waals surface area contributed by atoms with Crippen molar-refractivity contribution in [3.8, 4) is 0 Å². The Hall–Kier alpha value is -0.810. The van der Waals surface area contributed by atoms with Gasteiger partial charge in [-0.05, 0) is 46.0 Å². The van der Waals surface area contributed by atoms with Crippen molar-refractivity contribution in [2.75, 3.05) is 26.4 Å². The molecule has 0 unspecified atom stereocenters. The number of rotatable bonds is 2. The van der Waals surface area contributed by atoms with Crippen LogP contribution in [0.3, 0.4) is 0 Å². The van der Waals surface area contributed by atoms with Gasteiger partial charge in [0.05, 0.1) is 13.2 Å². The van der Waals surface area contributed by atoms with Gasteiger partial charge in [-0.25, -0.2) is 4.79 Å². The van der Waals surface area contributed by atoms with Gasteiger partial charge in [-0.15, -0.1) is 0 Å². The normalized spacial score (nSPS) is 28.2. The van der Waals surface area contributed by atoms with Gasteiger partial charge >= 0.3 is 6.09 Å². The lowest BCUT2D eigenvalue weighted by atomic mass is 9.99. The first-order valence-electron chi connectivity index (χ1n) is 7.65. The maximum atomic E-state index is 12.2. The van der Waals surface area contributed by atoms with Crippen molar-refractivity contribution in [2.24, 2.45) is 5.92 Å². The zero-order chi connectivity index (χ0) is 14.6. The Morgan fingerprint density at radius 1 is 1.30 bits per heavy atom. The summed E-state index contributed by atoms with van der Waals surface area (Å²) in [4.78, 5) is 13.9. The Kier molecular flexibility index (Phi) is 5.27. The van der Waals surface area contributed by atoms with Crippen LogP contribution in [-0.2, 0) is 14.2 Å². The van der Waals surface area contributed by atoms with Gasteiger partial charge in [0.25, 0.3) is 0 Å². The highest BCUT2D eigenvalue weighted by atomic mass is 16.6. The summed E-state index contributed by atoms with van der Waals surface area (Å²) in [6.07, 6.45) is 3.91. The van der Waals surface area contributed by atoms with E-state index >= 15 is 0 Å². The highest BCUT2D eigenvalue weighted by Gasteiger charge is 2.34. The minimum absolute atomic E-state index is 0.156. The molecule has 2 aliphatic heterocycles. The second-order valence-electron chi connectivity index (χ2n) is 6.67. The van der Waals surface area contributed by atoms with E-state index in [2.05, 4.69) is 0 Å². The first-order valence-corrected chi connectivity index (χ1v) is 7.65. The van der Waals surface area contributed by atoms with Crippen LogP contribution in [0.1, 0.15) is 46.5 Å². The third-order valence-electron chi connectivity index (χ3n) is 3.66. The first-order chi connectivity index (χ1) is 9.46.